The molecule has 0 aromatic heterocycles. The van der Waals surface area contributed by atoms with E-state index in [1.807, 2.05) is 13.8 Å². The molecule has 0 heterocycles. The molecule has 0 radical (unpaired) electrons. The topological polar surface area (TPSA) is 71.1 Å². The molecule has 0 bridgehead atoms. The van der Waals surface area contributed by atoms with Crippen LogP contribution in [0.2, 0.25) is 0 Å². The van der Waals surface area contributed by atoms with Gasteiger partial charge in [0.1, 0.15) is 13.0 Å². The summed E-state index contributed by atoms with van der Waals surface area (Å²) in [6.45, 7) is 6.49. The lowest BCUT2D eigenvalue weighted by molar-refractivity contribution is -0.142. The van der Waals surface area contributed by atoms with Crippen molar-refractivity contribution < 1.29 is 27.9 Å². The van der Waals surface area contributed by atoms with Crippen molar-refractivity contribution >= 4 is 13.6 Å². The molecule has 0 amide bonds. The summed E-state index contributed by atoms with van der Waals surface area (Å²) in [5.41, 5.74) is 0. The van der Waals surface area contributed by atoms with Gasteiger partial charge < -0.3 is 18.5 Å². The maximum atomic E-state index is 12.4. The number of rotatable bonds is 13. The van der Waals surface area contributed by atoms with Gasteiger partial charge in [0.2, 0.25) is 0 Å². The third kappa shape index (κ3) is 11.4. The standard InChI is InChI=1S/C13H27O6P/c1-4-6-8-18-20(15,19-9-7-5-2)12-16-10-11-17-13(3)14/h4-12H2,1-3H3. The molecule has 0 atom stereocenters. The number of hydrogen-bond donors (Lipinski definition) is 0. The number of carbonyl (C=O) groups excluding carboxylic acids is 1. The van der Waals surface area contributed by atoms with Gasteiger partial charge >= 0.3 is 13.6 Å². The maximum absolute atomic E-state index is 12.4. The molecule has 6 nitrogen and oxygen atoms in total. The molecule has 120 valence electrons. The highest BCUT2D eigenvalue weighted by molar-refractivity contribution is 7.53. The van der Waals surface area contributed by atoms with Gasteiger partial charge in [0.25, 0.3) is 0 Å². The quantitative estimate of drug-likeness (QED) is 0.295. The van der Waals surface area contributed by atoms with Crippen molar-refractivity contribution in [3.63, 3.8) is 0 Å². The van der Waals surface area contributed by atoms with Gasteiger partial charge in [-0.3, -0.25) is 9.36 Å². The summed E-state index contributed by atoms with van der Waals surface area (Å²) in [5, 5.41) is 0. The first kappa shape index (κ1) is 19.6. The first-order chi connectivity index (χ1) is 9.54. The Bertz CT molecular complexity index is 281. The predicted molar refractivity (Wildman–Crippen MR) is 76.8 cm³/mol. The van der Waals surface area contributed by atoms with Gasteiger partial charge in [0.05, 0.1) is 19.8 Å². The molecule has 0 aliphatic heterocycles. The Kier molecular flexibility index (Phi) is 12.1. The lowest BCUT2D eigenvalue weighted by Crippen LogP contribution is -2.11. The summed E-state index contributed by atoms with van der Waals surface area (Å²) in [6.07, 6.45) is 3.47. The first-order valence-corrected chi connectivity index (χ1v) is 8.86. The summed E-state index contributed by atoms with van der Waals surface area (Å²) >= 11 is 0. The average Bonchev–Trinajstić information content (AvgIpc) is 2.39. The summed E-state index contributed by atoms with van der Waals surface area (Å²) in [5.74, 6) is -0.366. The molecule has 0 rings (SSSR count). The molecule has 0 N–H and O–H groups in total. The number of unbranched alkanes of at least 4 members (excludes halogenated alkanes) is 2. The molecule has 0 saturated carbocycles. The lowest BCUT2D eigenvalue weighted by Gasteiger charge is -2.18. The van der Waals surface area contributed by atoms with Gasteiger partial charge in [0.15, 0.2) is 0 Å². The fourth-order valence-electron chi connectivity index (χ4n) is 1.23. The van der Waals surface area contributed by atoms with E-state index < -0.39 is 7.60 Å². The summed E-state index contributed by atoms with van der Waals surface area (Å²) < 4.78 is 33.0. The molecule has 0 unspecified atom stereocenters. The van der Waals surface area contributed by atoms with Crippen LogP contribution in [0.25, 0.3) is 0 Å². The highest BCUT2D eigenvalue weighted by Crippen LogP contribution is 2.48. The van der Waals surface area contributed by atoms with Crippen LogP contribution in [-0.2, 0) is 27.9 Å². The molecule has 0 aromatic carbocycles. The Morgan fingerprint density at radius 2 is 1.50 bits per heavy atom. The second-order valence-corrected chi connectivity index (χ2v) is 6.36. The van der Waals surface area contributed by atoms with E-state index in [0.717, 1.165) is 25.7 Å². The molecule has 0 spiro atoms. The minimum atomic E-state index is -3.21. The average molecular weight is 310 g/mol. The van der Waals surface area contributed by atoms with E-state index in [1.54, 1.807) is 0 Å². The van der Waals surface area contributed by atoms with Crippen molar-refractivity contribution in [1.82, 2.24) is 0 Å². The van der Waals surface area contributed by atoms with Crippen molar-refractivity contribution in [3.8, 4) is 0 Å². The molecule has 7 heteroatoms. The van der Waals surface area contributed by atoms with Crippen molar-refractivity contribution in [3.05, 3.63) is 0 Å². The van der Waals surface area contributed by atoms with Crippen LogP contribution in [-0.4, -0.2) is 38.7 Å². The van der Waals surface area contributed by atoms with Crippen molar-refractivity contribution in [2.45, 2.75) is 46.5 Å². The van der Waals surface area contributed by atoms with E-state index in [-0.39, 0.29) is 25.5 Å². The molecular weight excluding hydrogens is 283 g/mol. The van der Waals surface area contributed by atoms with Crippen LogP contribution >= 0.6 is 7.60 Å². The number of esters is 1. The Labute approximate surface area is 121 Å². The normalized spacial score (nSPS) is 11.6. The third-order valence-corrected chi connectivity index (χ3v) is 4.00. The highest BCUT2D eigenvalue weighted by atomic mass is 31.2. The number of ether oxygens (including phenoxy) is 2. The van der Waals surface area contributed by atoms with Gasteiger partial charge in [-0.15, -0.1) is 0 Å². The zero-order valence-electron chi connectivity index (χ0n) is 12.8. The minimum Gasteiger partial charge on any atom is -0.463 e. The van der Waals surface area contributed by atoms with Crippen molar-refractivity contribution in [2.75, 3.05) is 32.8 Å². The number of carbonyl (C=O) groups is 1. The smallest absolute Gasteiger partial charge is 0.356 e. The monoisotopic (exact) mass is 310 g/mol. The van der Waals surface area contributed by atoms with Crippen LogP contribution in [0, 0.1) is 0 Å². The molecule has 0 fully saturated rings. The SMILES string of the molecule is CCCCOP(=O)(COCCOC(C)=O)OCCCC. The Morgan fingerprint density at radius 1 is 0.950 bits per heavy atom. The fraction of sp³-hybridized carbons (Fsp3) is 0.923. The molecule has 0 aliphatic carbocycles. The van der Waals surface area contributed by atoms with Gasteiger partial charge in [-0.1, -0.05) is 26.7 Å². The second-order valence-electron chi connectivity index (χ2n) is 4.36. The molecule has 0 aromatic rings. The first-order valence-electron chi connectivity index (χ1n) is 7.13. The summed E-state index contributed by atoms with van der Waals surface area (Å²) in [6, 6.07) is 0. The van der Waals surface area contributed by atoms with Crippen LogP contribution in [0.15, 0.2) is 0 Å². The van der Waals surface area contributed by atoms with Crippen molar-refractivity contribution in [1.29, 1.82) is 0 Å². The summed E-state index contributed by atoms with van der Waals surface area (Å²) in [4.78, 5) is 10.6. The molecule has 20 heavy (non-hydrogen) atoms. The van der Waals surface area contributed by atoms with E-state index in [9.17, 15) is 9.36 Å². The Morgan fingerprint density at radius 3 is 1.95 bits per heavy atom. The maximum Gasteiger partial charge on any atom is 0.356 e. The predicted octanol–water partition coefficient (Wildman–Crippen LogP) is 3.35. The lowest BCUT2D eigenvalue weighted by atomic mass is 10.4. The highest BCUT2D eigenvalue weighted by Gasteiger charge is 2.24. The Balaban J connectivity index is 4.02. The largest absolute Gasteiger partial charge is 0.463 e. The molecule has 0 saturated heterocycles. The fourth-order valence-corrected chi connectivity index (χ4v) is 2.62. The van der Waals surface area contributed by atoms with Gasteiger partial charge in [-0.2, -0.15) is 0 Å². The zero-order valence-corrected chi connectivity index (χ0v) is 13.7. The van der Waals surface area contributed by atoms with Crippen LogP contribution in [0.3, 0.4) is 0 Å². The van der Waals surface area contributed by atoms with Gasteiger partial charge in [-0.25, -0.2) is 0 Å². The van der Waals surface area contributed by atoms with E-state index >= 15 is 0 Å². The van der Waals surface area contributed by atoms with Crippen LogP contribution in [0.5, 0.6) is 0 Å². The second kappa shape index (κ2) is 12.3. The van der Waals surface area contributed by atoms with Crippen LogP contribution < -0.4 is 0 Å². The molecular formula is C13H27O6P. The van der Waals surface area contributed by atoms with Crippen molar-refractivity contribution in [2.24, 2.45) is 0 Å². The van der Waals surface area contributed by atoms with Crippen LogP contribution in [0.4, 0.5) is 0 Å². The Hall–Kier alpha value is -0.420. The minimum absolute atomic E-state index is 0.109. The van der Waals surface area contributed by atoms with E-state index in [2.05, 4.69) is 0 Å². The molecule has 0 aliphatic rings. The van der Waals surface area contributed by atoms with Gasteiger partial charge in [-0.05, 0) is 12.8 Å². The summed E-state index contributed by atoms with van der Waals surface area (Å²) in [7, 11) is -3.21. The van der Waals surface area contributed by atoms with E-state index in [1.165, 1.54) is 6.92 Å². The van der Waals surface area contributed by atoms with Crippen LogP contribution in [0.1, 0.15) is 46.5 Å². The van der Waals surface area contributed by atoms with E-state index in [4.69, 9.17) is 18.5 Å². The van der Waals surface area contributed by atoms with E-state index in [0.29, 0.717) is 13.2 Å². The zero-order chi connectivity index (χ0) is 15.3. The third-order valence-electron chi connectivity index (χ3n) is 2.35. The number of hydrogen-bond acceptors (Lipinski definition) is 6. The van der Waals surface area contributed by atoms with Gasteiger partial charge in [0, 0.05) is 6.92 Å².